The molecule has 2 aliphatic rings. The summed E-state index contributed by atoms with van der Waals surface area (Å²) in [6.45, 7) is 4.16. The minimum Gasteiger partial charge on any atom is -0.397 e. The van der Waals surface area contributed by atoms with Crippen molar-refractivity contribution in [2.75, 3.05) is 39.0 Å². The second kappa shape index (κ2) is 6.82. The Kier molecular flexibility index (Phi) is 4.25. The number of H-pyrrole nitrogens is 2. The molecule has 0 spiro atoms. The number of aromatic amines is 2. The molecule has 1 aliphatic carbocycles. The van der Waals surface area contributed by atoms with Crippen LogP contribution in [0.1, 0.15) is 11.4 Å². The number of fused-ring (bicyclic) bond motifs is 2. The van der Waals surface area contributed by atoms with Gasteiger partial charge in [0.05, 0.1) is 22.3 Å². The number of nitrogen functional groups attached to an aromatic ring is 1. The normalized spacial score (nSPS) is 20.3. The number of nitrogens with zero attached hydrogens (tertiary/aromatic N) is 3. The van der Waals surface area contributed by atoms with Crippen molar-refractivity contribution < 1.29 is 4.39 Å². The van der Waals surface area contributed by atoms with E-state index in [-0.39, 0.29) is 22.2 Å². The maximum Gasteiger partial charge on any atom is 0.261 e. The van der Waals surface area contributed by atoms with Crippen LogP contribution < -0.4 is 11.3 Å². The number of aromatic nitrogens is 3. The molecule has 1 unspecified atom stereocenters. The Hall–Kier alpha value is -2.97. The van der Waals surface area contributed by atoms with Crippen LogP contribution in [-0.2, 0) is 6.42 Å². The third-order valence-electron chi connectivity index (χ3n) is 5.97. The van der Waals surface area contributed by atoms with Crippen LogP contribution >= 0.6 is 0 Å². The lowest BCUT2D eigenvalue weighted by Gasteiger charge is -2.37. The SMILES string of the molecule is CN1CCN(C2C=Cc3nc(-c4c(N)c5c(F)cccc5[nH]c4=O)[nH]c3C2)CC1. The number of hydrogen-bond acceptors (Lipinski definition) is 5. The van der Waals surface area contributed by atoms with Crippen LogP contribution in [0.25, 0.3) is 28.4 Å². The van der Waals surface area contributed by atoms with Crippen LogP contribution in [-0.4, -0.2) is 64.0 Å². The Balaban J connectivity index is 1.51. The number of nitrogens with one attached hydrogen (secondary N) is 2. The van der Waals surface area contributed by atoms with E-state index in [1.54, 1.807) is 12.1 Å². The molecule has 1 atom stereocenters. The molecule has 4 N–H and O–H groups in total. The summed E-state index contributed by atoms with van der Waals surface area (Å²) in [7, 11) is 2.14. The van der Waals surface area contributed by atoms with Gasteiger partial charge in [0.2, 0.25) is 0 Å². The standard InChI is InChI=1S/C21H23FN6O/c1-27-7-9-28(10-8-27)12-5-6-14-16(11-12)25-20(24-14)18-19(23)17-13(22)3-2-4-15(17)26-21(18)29/h2-6,12H,7-11H2,1H3,(H,24,25)(H3,23,26,29). The first-order chi connectivity index (χ1) is 14.0. The average Bonchev–Trinajstić information content (AvgIpc) is 3.11. The highest BCUT2D eigenvalue weighted by molar-refractivity contribution is 5.97. The van der Waals surface area contributed by atoms with Crippen molar-refractivity contribution in [2.24, 2.45) is 0 Å². The first kappa shape index (κ1) is 18.1. The van der Waals surface area contributed by atoms with E-state index >= 15 is 0 Å². The van der Waals surface area contributed by atoms with Crippen LogP contribution in [0.2, 0.25) is 0 Å². The van der Waals surface area contributed by atoms with E-state index in [0.717, 1.165) is 44.0 Å². The molecule has 8 heteroatoms. The van der Waals surface area contributed by atoms with Crippen LogP contribution in [0.5, 0.6) is 0 Å². The highest BCUT2D eigenvalue weighted by atomic mass is 19.1. The summed E-state index contributed by atoms with van der Waals surface area (Å²) < 4.78 is 14.3. The van der Waals surface area contributed by atoms with E-state index in [9.17, 15) is 9.18 Å². The monoisotopic (exact) mass is 394 g/mol. The third kappa shape index (κ3) is 3.04. The number of piperazine rings is 1. The molecule has 0 amide bonds. The molecule has 3 heterocycles. The lowest BCUT2D eigenvalue weighted by molar-refractivity contribution is 0.129. The van der Waals surface area contributed by atoms with Crippen LogP contribution in [0, 0.1) is 5.82 Å². The molecule has 0 radical (unpaired) electrons. The highest BCUT2D eigenvalue weighted by Gasteiger charge is 2.26. The fourth-order valence-electron chi connectivity index (χ4n) is 4.29. The third-order valence-corrected chi connectivity index (χ3v) is 5.97. The maximum atomic E-state index is 14.3. The van der Waals surface area contributed by atoms with Crippen molar-refractivity contribution in [3.8, 4) is 11.4 Å². The van der Waals surface area contributed by atoms with Gasteiger partial charge in [0.15, 0.2) is 0 Å². The van der Waals surface area contributed by atoms with Crippen LogP contribution in [0.4, 0.5) is 10.1 Å². The Morgan fingerprint density at radius 3 is 2.79 bits per heavy atom. The molecule has 29 heavy (non-hydrogen) atoms. The zero-order valence-electron chi connectivity index (χ0n) is 16.2. The molecular formula is C21H23FN6O. The van der Waals surface area contributed by atoms with Crippen LogP contribution in [0.15, 0.2) is 29.1 Å². The van der Waals surface area contributed by atoms with Crippen molar-refractivity contribution in [2.45, 2.75) is 12.5 Å². The van der Waals surface area contributed by atoms with E-state index in [1.807, 2.05) is 6.08 Å². The molecule has 5 rings (SSSR count). The molecule has 2 aromatic heterocycles. The zero-order chi connectivity index (χ0) is 20.1. The average molecular weight is 394 g/mol. The summed E-state index contributed by atoms with van der Waals surface area (Å²) >= 11 is 0. The van der Waals surface area contributed by atoms with Gasteiger partial charge in [0.1, 0.15) is 17.2 Å². The topological polar surface area (TPSA) is 94.0 Å². The molecule has 1 aromatic carbocycles. The van der Waals surface area contributed by atoms with E-state index in [4.69, 9.17) is 5.73 Å². The van der Waals surface area contributed by atoms with Gasteiger partial charge < -0.3 is 20.6 Å². The summed E-state index contributed by atoms with van der Waals surface area (Å²) in [5.41, 5.74) is 8.27. The zero-order valence-corrected chi connectivity index (χ0v) is 16.2. The Morgan fingerprint density at radius 2 is 2.00 bits per heavy atom. The minimum atomic E-state index is -0.469. The van der Waals surface area contributed by atoms with E-state index < -0.39 is 5.82 Å². The second-order valence-corrected chi connectivity index (χ2v) is 7.82. The number of imidazole rings is 1. The number of anilines is 1. The summed E-state index contributed by atoms with van der Waals surface area (Å²) in [5, 5.41) is 0.210. The molecule has 1 saturated heterocycles. The molecule has 150 valence electrons. The predicted molar refractivity (Wildman–Crippen MR) is 112 cm³/mol. The number of nitrogens with two attached hydrogens (primary N) is 1. The fraction of sp³-hybridized carbons (Fsp3) is 0.333. The number of hydrogen-bond donors (Lipinski definition) is 3. The fourth-order valence-corrected chi connectivity index (χ4v) is 4.29. The smallest absolute Gasteiger partial charge is 0.261 e. The molecule has 7 nitrogen and oxygen atoms in total. The van der Waals surface area contributed by atoms with Crippen LogP contribution in [0.3, 0.4) is 0 Å². The van der Waals surface area contributed by atoms with Gasteiger partial charge in [-0.25, -0.2) is 9.37 Å². The summed E-state index contributed by atoms with van der Waals surface area (Å²) in [5.74, 6) is -0.0913. The number of pyridine rings is 1. The van der Waals surface area contributed by atoms with Crippen molar-refractivity contribution in [3.05, 3.63) is 51.8 Å². The van der Waals surface area contributed by atoms with Gasteiger partial charge in [-0.05, 0) is 25.3 Å². The largest absolute Gasteiger partial charge is 0.397 e. The first-order valence-electron chi connectivity index (χ1n) is 9.81. The molecular weight excluding hydrogens is 371 g/mol. The van der Waals surface area contributed by atoms with Gasteiger partial charge in [-0.1, -0.05) is 12.1 Å². The second-order valence-electron chi connectivity index (χ2n) is 7.82. The van der Waals surface area contributed by atoms with Crippen molar-refractivity contribution in [1.29, 1.82) is 0 Å². The number of halogens is 1. The van der Waals surface area contributed by atoms with Crippen molar-refractivity contribution >= 4 is 22.7 Å². The quantitative estimate of drug-likeness (QED) is 0.617. The van der Waals surface area contributed by atoms with Gasteiger partial charge in [-0.2, -0.15) is 0 Å². The lowest BCUT2D eigenvalue weighted by Crippen LogP contribution is -2.49. The molecule has 1 fully saturated rings. The summed E-state index contributed by atoms with van der Waals surface area (Å²) in [4.78, 5) is 28.0. The van der Waals surface area contributed by atoms with E-state index in [1.165, 1.54) is 6.07 Å². The maximum absolute atomic E-state index is 14.3. The van der Waals surface area contributed by atoms with Crippen molar-refractivity contribution in [3.63, 3.8) is 0 Å². The Bertz CT molecular complexity index is 1170. The Labute approximate surface area is 167 Å². The van der Waals surface area contributed by atoms with Gasteiger partial charge in [-0.15, -0.1) is 0 Å². The van der Waals surface area contributed by atoms with Gasteiger partial charge >= 0.3 is 0 Å². The number of likely N-dealkylation sites (N-methyl/N-ethyl adjacent to an activating group) is 1. The molecule has 0 saturated carbocycles. The summed E-state index contributed by atoms with van der Waals surface area (Å²) in [6.07, 6.45) is 4.96. The predicted octanol–water partition coefficient (Wildman–Crippen LogP) is 1.82. The van der Waals surface area contributed by atoms with Crippen molar-refractivity contribution in [1.82, 2.24) is 24.8 Å². The van der Waals surface area contributed by atoms with Gasteiger partial charge in [-0.3, -0.25) is 9.69 Å². The molecule has 1 aliphatic heterocycles. The lowest BCUT2D eigenvalue weighted by atomic mass is 10.0. The molecule has 3 aromatic rings. The van der Waals surface area contributed by atoms with E-state index in [2.05, 4.69) is 37.9 Å². The number of rotatable bonds is 2. The van der Waals surface area contributed by atoms with E-state index in [0.29, 0.717) is 17.4 Å². The molecule has 0 bridgehead atoms. The number of benzene rings is 1. The van der Waals surface area contributed by atoms with Gasteiger partial charge in [0, 0.05) is 44.3 Å². The summed E-state index contributed by atoms with van der Waals surface area (Å²) in [6, 6.07) is 4.81. The van der Waals surface area contributed by atoms with Gasteiger partial charge in [0.25, 0.3) is 5.56 Å². The minimum absolute atomic E-state index is 0.104. The highest BCUT2D eigenvalue weighted by Crippen LogP contribution is 2.31. The first-order valence-corrected chi connectivity index (χ1v) is 9.81. The Morgan fingerprint density at radius 1 is 1.21 bits per heavy atom.